The zero-order chi connectivity index (χ0) is 18.7. The zero-order valence-electron chi connectivity index (χ0n) is 15.1. The Labute approximate surface area is 163 Å². The number of hydrogen-bond donors (Lipinski definition) is 0. The molecule has 5 aromatic rings. The van der Waals surface area contributed by atoms with Crippen LogP contribution in [0.5, 0.6) is 0 Å². The number of hydrogen-bond acceptors (Lipinski definition) is 1. The predicted octanol–water partition coefficient (Wildman–Crippen LogP) is 3.48. The quantitative estimate of drug-likeness (QED) is 0.416. The van der Waals surface area contributed by atoms with Crippen LogP contribution in [0.2, 0.25) is 0 Å². The van der Waals surface area contributed by atoms with E-state index in [9.17, 15) is 5.26 Å². The Balaban J connectivity index is 1.87. The number of para-hydroxylation sites is 3. The van der Waals surface area contributed by atoms with Gasteiger partial charge in [-0.1, -0.05) is 84.3 Å². The van der Waals surface area contributed by atoms with Crippen molar-refractivity contribution in [1.29, 1.82) is 5.26 Å². The third kappa shape index (κ3) is 1.87. The summed E-state index contributed by atoms with van der Waals surface area (Å²) in [4.78, 5) is 0. The van der Waals surface area contributed by atoms with Crippen LogP contribution in [0.25, 0.3) is 27.5 Å². The molecule has 1 aliphatic heterocycles. The summed E-state index contributed by atoms with van der Waals surface area (Å²) in [6, 6.07) is 34.3. The maximum absolute atomic E-state index is 9.78. The molecule has 0 radical (unpaired) electrons. The summed E-state index contributed by atoms with van der Waals surface area (Å²) < 4.78 is 2.30. The smallest absolute Gasteiger partial charge is 0.246 e. The second-order valence-corrected chi connectivity index (χ2v) is 7.29. The van der Waals surface area contributed by atoms with E-state index in [0.717, 1.165) is 16.6 Å². The van der Waals surface area contributed by atoms with Crippen LogP contribution in [-0.4, -0.2) is 11.3 Å². The second kappa shape index (κ2) is 5.61. The van der Waals surface area contributed by atoms with E-state index < -0.39 is 0 Å². The largest absolute Gasteiger partial charge is 0.309 e. The zero-order valence-corrected chi connectivity index (χ0v) is 15.1. The van der Waals surface area contributed by atoms with Gasteiger partial charge in [-0.2, -0.15) is 5.26 Å². The van der Waals surface area contributed by atoms with Gasteiger partial charge in [0.25, 0.3) is 0 Å². The monoisotopic (exact) mass is 354 g/mol. The Morgan fingerprint density at radius 2 is 1.32 bits per heavy atom. The van der Waals surface area contributed by atoms with Crippen molar-refractivity contribution in [2.45, 2.75) is 0 Å². The molecule has 28 heavy (non-hydrogen) atoms. The predicted molar refractivity (Wildman–Crippen MR) is 117 cm³/mol. The first kappa shape index (κ1) is 15.3. The SMILES string of the molecule is N#Cc1cccc2c3cccc4c3n(c12)-c1ccccc1B4c1ccccc1. The lowest BCUT2D eigenvalue weighted by atomic mass is 9.35. The van der Waals surface area contributed by atoms with Crippen LogP contribution in [0, 0.1) is 11.3 Å². The minimum absolute atomic E-state index is 0.184. The number of aromatic nitrogens is 1. The van der Waals surface area contributed by atoms with E-state index in [4.69, 9.17) is 0 Å². The molecule has 3 heteroatoms. The average molecular weight is 354 g/mol. The molecule has 0 atom stereocenters. The summed E-state index contributed by atoms with van der Waals surface area (Å²) >= 11 is 0. The fourth-order valence-corrected chi connectivity index (χ4v) is 4.81. The molecule has 0 spiro atoms. The van der Waals surface area contributed by atoms with Crippen molar-refractivity contribution in [2.75, 3.05) is 0 Å². The molecule has 2 heterocycles. The molecule has 1 aromatic heterocycles. The van der Waals surface area contributed by atoms with Crippen LogP contribution in [0.4, 0.5) is 0 Å². The van der Waals surface area contributed by atoms with Crippen molar-refractivity contribution < 1.29 is 0 Å². The van der Waals surface area contributed by atoms with Crippen molar-refractivity contribution in [3.8, 4) is 11.8 Å². The van der Waals surface area contributed by atoms with Gasteiger partial charge in [-0.25, -0.2) is 0 Å². The standard InChI is InChI=1S/C25H15BN2/c27-16-17-8-6-11-19-20-12-7-14-22-25(20)28(24(17)19)23-15-5-4-13-21(23)26(22)18-9-2-1-3-10-18/h1-15H. The Kier molecular flexibility index (Phi) is 3.07. The van der Waals surface area contributed by atoms with Crippen LogP contribution in [0.15, 0.2) is 91.0 Å². The van der Waals surface area contributed by atoms with Gasteiger partial charge in [0, 0.05) is 22.0 Å². The second-order valence-electron chi connectivity index (χ2n) is 7.29. The molecule has 2 nitrogen and oxygen atoms in total. The van der Waals surface area contributed by atoms with Gasteiger partial charge in [-0.15, -0.1) is 0 Å². The summed E-state index contributed by atoms with van der Waals surface area (Å²) in [6.07, 6.45) is 0. The van der Waals surface area contributed by atoms with Crippen LogP contribution in [0.3, 0.4) is 0 Å². The molecule has 0 N–H and O–H groups in total. The molecule has 0 bridgehead atoms. The van der Waals surface area contributed by atoms with Crippen molar-refractivity contribution in [3.05, 3.63) is 96.6 Å². The van der Waals surface area contributed by atoms with E-state index in [-0.39, 0.29) is 6.71 Å². The van der Waals surface area contributed by atoms with Crippen LogP contribution in [-0.2, 0) is 0 Å². The van der Waals surface area contributed by atoms with Gasteiger partial charge >= 0.3 is 0 Å². The Morgan fingerprint density at radius 3 is 2.14 bits per heavy atom. The van der Waals surface area contributed by atoms with Crippen molar-refractivity contribution >= 4 is 44.9 Å². The molecule has 0 amide bonds. The summed E-state index contributed by atoms with van der Waals surface area (Å²) in [7, 11) is 0. The average Bonchev–Trinajstić information content (AvgIpc) is 3.11. The van der Waals surface area contributed by atoms with E-state index in [0.29, 0.717) is 5.56 Å². The van der Waals surface area contributed by atoms with Gasteiger partial charge in [-0.05, 0) is 23.1 Å². The summed E-state index contributed by atoms with van der Waals surface area (Å²) in [6.45, 7) is 0.184. The highest BCUT2D eigenvalue weighted by atomic mass is 15.0. The van der Waals surface area contributed by atoms with Crippen LogP contribution in [0.1, 0.15) is 5.56 Å². The van der Waals surface area contributed by atoms with Crippen molar-refractivity contribution in [2.24, 2.45) is 0 Å². The topological polar surface area (TPSA) is 28.7 Å². The van der Waals surface area contributed by atoms with Crippen molar-refractivity contribution in [3.63, 3.8) is 0 Å². The molecular weight excluding hydrogens is 339 g/mol. The minimum Gasteiger partial charge on any atom is -0.309 e. The summed E-state index contributed by atoms with van der Waals surface area (Å²) in [5.74, 6) is 0. The molecule has 6 rings (SSSR count). The van der Waals surface area contributed by atoms with Gasteiger partial charge in [-0.3, -0.25) is 0 Å². The van der Waals surface area contributed by atoms with Gasteiger partial charge in [0.05, 0.1) is 11.1 Å². The highest BCUT2D eigenvalue weighted by Gasteiger charge is 2.33. The number of rotatable bonds is 1. The molecule has 128 valence electrons. The Bertz CT molecular complexity index is 1420. The van der Waals surface area contributed by atoms with Gasteiger partial charge in [0.2, 0.25) is 6.71 Å². The van der Waals surface area contributed by atoms with E-state index in [1.54, 1.807) is 0 Å². The van der Waals surface area contributed by atoms with Gasteiger partial charge < -0.3 is 4.57 Å². The van der Waals surface area contributed by atoms with Crippen LogP contribution >= 0.6 is 0 Å². The van der Waals surface area contributed by atoms with E-state index in [1.807, 2.05) is 12.1 Å². The number of nitrogens with zero attached hydrogens (tertiary/aromatic N) is 2. The maximum atomic E-state index is 9.78. The summed E-state index contributed by atoms with van der Waals surface area (Å²) in [5, 5.41) is 12.1. The highest BCUT2D eigenvalue weighted by molar-refractivity contribution is 6.98. The lowest BCUT2D eigenvalue weighted by Gasteiger charge is -2.27. The van der Waals surface area contributed by atoms with E-state index in [2.05, 4.69) is 89.5 Å². The molecular formula is C25H15BN2. The first-order chi connectivity index (χ1) is 13.9. The van der Waals surface area contributed by atoms with Gasteiger partial charge in [0.1, 0.15) is 6.07 Å². The minimum atomic E-state index is 0.184. The molecule has 0 fully saturated rings. The first-order valence-corrected chi connectivity index (χ1v) is 9.49. The molecule has 0 saturated carbocycles. The van der Waals surface area contributed by atoms with Gasteiger partial charge in [0.15, 0.2) is 0 Å². The molecule has 1 aliphatic rings. The normalized spacial score (nSPS) is 12.2. The molecule has 0 unspecified atom stereocenters. The molecule has 0 aliphatic carbocycles. The molecule has 0 saturated heterocycles. The van der Waals surface area contributed by atoms with Crippen molar-refractivity contribution in [1.82, 2.24) is 4.57 Å². The van der Waals surface area contributed by atoms with E-state index in [1.165, 1.54) is 27.3 Å². The third-order valence-electron chi connectivity index (χ3n) is 5.89. The fourth-order valence-electron chi connectivity index (χ4n) is 4.81. The number of fused-ring (bicyclic) bond motifs is 5. The Morgan fingerprint density at radius 1 is 0.643 bits per heavy atom. The number of benzene rings is 4. The Hall–Kier alpha value is -3.77. The number of nitriles is 1. The lowest BCUT2D eigenvalue weighted by Crippen LogP contribution is -2.55. The summed E-state index contributed by atoms with van der Waals surface area (Å²) in [5.41, 5.74) is 7.96. The maximum Gasteiger partial charge on any atom is 0.246 e. The fraction of sp³-hybridized carbons (Fsp3) is 0. The molecule has 4 aromatic carbocycles. The first-order valence-electron chi connectivity index (χ1n) is 9.49. The third-order valence-corrected chi connectivity index (χ3v) is 5.89. The highest BCUT2D eigenvalue weighted by Crippen LogP contribution is 2.34. The van der Waals surface area contributed by atoms with E-state index >= 15 is 0 Å². The lowest BCUT2D eigenvalue weighted by molar-refractivity contribution is 1.18. The van der Waals surface area contributed by atoms with Crippen LogP contribution < -0.4 is 16.4 Å².